The molecule has 2 N–H and O–H groups in total. The highest BCUT2D eigenvalue weighted by Gasteiger charge is 2.12. The predicted octanol–water partition coefficient (Wildman–Crippen LogP) is 1.85. The largest absolute Gasteiger partial charge is 0.387 e. The molecule has 2 unspecified atom stereocenters. The van der Waals surface area contributed by atoms with Crippen LogP contribution in [0, 0.1) is 0 Å². The lowest BCUT2D eigenvalue weighted by atomic mass is 10.1. The summed E-state index contributed by atoms with van der Waals surface area (Å²) < 4.78 is 22.7. The maximum atomic E-state index is 11.4. The van der Waals surface area contributed by atoms with E-state index in [-0.39, 0.29) is 4.90 Å². The molecule has 0 heterocycles. The number of aliphatic hydroxyl groups excluding tert-OH is 1. The Morgan fingerprint density at radius 3 is 2.35 bits per heavy atom. The van der Waals surface area contributed by atoms with Gasteiger partial charge in [0.05, 0.1) is 11.0 Å². The summed E-state index contributed by atoms with van der Waals surface area (Å²) in [6.45, 7) is 2.58. The van der Waals surface area contributed by atoms with E-state index in [1.807, 2.05) is 0 Å². The molecule has 0 aromatic heterocycles. The zero-order valence-corrected chi connectivity index (χ0v) is 13.8. The summed E-state index contributed by atoms with van der Waals surface area (Å²) in [5, 5.41) is 13.4. The summed E-state index contributed by atoms with van der Waals surface area (Å²) in [5.74, 6) is 1.01. The fraction of sp³-hybridized carbons (Fsp3) is 0.571. The zero-order valence-electron chi connectivity index (χ0n) is 12.2. The standard InChI is InChI=1S/C14H23NO3S2/c1-4-12(10-19-2)15-9-14(16)11-5-7-13(8-6-11)20(3,17)18/h5-8,12,14-16H,4,9-10H2,1-3H3. The van der Waals surface area contributed by atoms with Crippen molar-refractivity contribution in [3.8, 4) is 0 Å². The van der Waals surface area contributed by atoms with Gasteiger partial charge >= 0.3 is 0 Å². The molecular weight excluding hydrogens is 294 g/mol. The van der Waals surface area contributed by atoms with Crippen LogP contribution in [0.1, 0.15) is 25.0 Å². The molecule has 6 heteroatoms. The van der Waals surface area contributed by atoms with E-state index in [1.165, 1.54) is 18.4 Å². The molecule has 4 nitrogen and oxygen atoms in total. The molecule has 0 radical (unpaired) electrons. The molecule has 0 saturated carbocycles. The van der Waals surface area contributed by atoms with Crippen molar-refractivity contribution in [2.45, 2.75) is 30.4 Å². The molecule has 0 aliphatic rings. The van der Waals surface area contributed by atoms with Crippen LogP contribution in [0.25, 0.3) is 0 Å². The van der Waals surface area contributed by atoms with Crippen molar-refractivity contribution in [1.29, 1.82) is 0 Å². The van der Waals surface area contributed by atoms with Gasteiger partial charge in [-0.25, -0.2) is 8.42 Å². The number of nitrogens with one attached hydrogen (secondary N) is 1. The number of hydrogen-bond donors (Lipinski definition) is 2. The normalized spacial score (nSPS) is 15.0. The van der Waals surface area contributed by atoms with Crippen LogP contribution in [-0.2, 0) is 9.84 Å². The number of hydrogen-bond acceptors (Lipinski definition) is 5. The lowest BCUT2D eigenvalue weighted by molar-refractivity contribution is 0.170. The fourth-order valence-electron chi connectivity index (χ4n) is 1.86. The molecule has 0 aliphatic heterocycles. The Hall–Kier alpha value is -0.560. The monoisotopic (exact) mass is 317 g/mol. The smallest absolute Gasteiger partial charge is 0.175 e. The highest BCUT2D eigenvalue weighted by atomic mass is 32.2. The summed E-state index contributed by atoms with van der Waals surface area (Å²) in [4.78, 5) is 0.273. The molecule has 1 aromatic carbocycles. The number of benzene rings is 1. The molecule has 1 rings (SSSR count). The van der Waals surface area contributed by atoms with Crippen LogP contribution in [0.4, 0.5) is 0 Å². The van der Waals surface area contributed by atoms with Crippen molar-refractivity contribution >= 4 is 21.6 Å². The summed E-state index contributed by atoms with van der Waals surface area (Å²) in [7, 11) is -3.18. The second-order valence-electron chi connectivity index (χ2n) is 4.83. The molecule has 1 aromatic rings. The average Bonchev–Trinajstić information content (AvgIpc) is 2.42. The fourth-order valence-corrected chi connectivity index (χ4v) is 3.24. The van der Waals surface area contributed by atoms with Gasteiger partial charge in [-0.3, -0.25) is 0 Å². The highest BCUT2D eigenvalue weighted by Crippen LogP contribution is 2.16. The third-order valence-electron chi connectivity index (χ3n) is 3.15. The van der Waals surface area contributed by atoms with Crippen LogP contribution in [0.2, 0.25) is 0 Å². The van der Waals surface area contributed by atoms with Crippen molar-refractivity contribution in [1.82, 2.24) is 5.32 Å². The van der Waals surface area contributed by atoms with Crippen molar-refractivity contribution < 1.29 is 13.5 Å². The zero-order chi connectivity index (χ0) is 15.2. The van der Waals surface area contributed by atoms with E-state index in [2.05, 4.69) is 18.5 Å². The molecule has 0 bridgehead atoms. The van der Waals surface area contributed by atoms with Crippen LogP contribution >= 0.6 is 11.8 Å². The van der Waals surface area contributed by atoms with Crippen LogP contribution in [0.3, 0.4) is 0 Å². The lowest BCUT2D eigenvalue weighted by Gasteiger charge is -2.19. The number of sulfone groups is 1. The lowest BCUT2D eigenvalue weighted by Crippen LogP contribution is -2.34. The van der Waals surface area contributed by atoms with Gasteiger partial charge < -0.3 is 10.4 Å². The van der Waals surface area contributed by atoms with Gasteiger partial charge in [0.1, 0.15) is 0 Å². The van der Waals surface area contributed by atoms with E-state index in [4.69, 9.17) is 0 Å². The van der Waals surface area contributed by atoms with Gasteiger partial charge in [0.25, 0.3) is 0 Å². The molecule has 0 fully saturated rings. The van der Waals surface area contributed by atoms with Gasteiger partial charge in [0.2, 0.25) is 0 Å². The van der Waals surface area contributed by atoms with E-state index in [9.17, 15) is 13.5 Å². The first-order chi connectivity index (χ1) is 9.38. The second kappa shape index (κ2) is 8.02. The number of thioether (sulfide) groups is 1. The molecule has 0 saturated heterocycles. The van der Waals surface area contributed by atoms with Crippen molar-refractivity contribution in [2.75, 3.05) is 24.8 Å². The van der Waals surface area contributed by atoms with Gasteiger partial charge in [-0.2, -0.15) is 11.8 Å². The third kappa shape index (κ3) is 5.44. The minimum atomic E-state index is -3.18. The molecule has 114 valence electrons. The Balaban J connectivity index is 2.62. The Labute approximate surface area is 125 Å². The number of rotatable bonds is 8. The molecule has 0 aliphatic carbocycles. The van der Waals surface area contributed by atoms with Crippen molar-refractivity contribution in [2.24, 2.45) is 0 Å². The SMILES string of the molecule is CCC(CSC)NCC(O)c1ccc(S(C)(=O)=O)cc1. The van der Waals surface area contributed by atoms with Crippen LogP contribution in [0.5, 0.6) is 0 Å². The molecule has 2 atom stereocenters. The first-order valence-electron chi connectivity index (χ1n) is 6.58. The van der Waals surface area contributed by atoms with Crippen LogP contribution in [0.15, 0.2) is 29.2 Å². The first-order valence-corrected chi connectivity index (χ1v) is 9.87. The summed E-state index contributed by atoms with van der Waals surface area (Å²) >= 11 is 1.78. The van der Waals surface area contributed by atoms with Crippen LogP contribution in [-0.4, -0.2) is 44.4 Å². The van der Waals surface area contributed by atoms with Gasteiger partial charge in [-0.05, 0) is 30.4 Å². The molecular formula is C14H23NO3S2. The van der Waals surface area contributed by atoms with E-state index in [0.29, 0.717) is 12.6 Å². The third-order valence-corrected chi connectivity index (χ3v) is 5.02. The maximum Gasteiger partial charge on any atom is 0.175 e. The van der Waals surface area contributed by atoms with Gasteiger partial charge in [-0.15, -0.1) is 0 Å². The second-order valence-corrected chi connectivity index (χ2v) is 7.75. The van der Waals surface area contributed by atoms with Crippen molar-refractivity contribution in [3.05, 3.63) is 29.8 Å². The average molecular weight is 317 g/mol. The summed E-state index contributed by atoms with van der Waals surface area (Å²) in [6.07, 6.45) is 3.62. The Kier molecular flexibility index (Phi) is 7.02. The minimum Gasteiger partial charge on any atom is -0.387 e. The van der Waals surface area contributed by atoms with Crippen LogP contribution < -0.4 is 5.32 Å². The van der Waals surface area contributed by atoms with E-state index < -0.39 is 15.9 Å². The van der Waals surface area contributed by atoms with Gasteiger partial charge in [0, 0.05) is 24.6 Å². The van der Waals surface area contributed by atoms with Gasteiger partial charge in [-0.1, -0.05) is 19.1 Å². The van der Waals surface area contributed by atoms with E-state index in [0.717, 1.165) is 17.7 Å². The molecule has 20 heavy (non-hydrogen) atoms. The van der Waals surface area contributed by atoms with Gasteiger partial charge in [0.15, 0.2) is 9.84 Å². The predicted molar refractivity (Wildman–Crippen MR) is 85.0 cm³/mol. The summed E-state index contributed by atoms with van der Waals surface area (Å²) in [5.41, 5.74) is 0.726. The van der Waals surface area contributed by atoms with Crippen molar-refractivity contribution in [3.63, 3.8) is 0 Å². The molecule has 0 amide bonds. The quantitative estimate of drug-likeness (QED) is 0.766. The Bertz CT molecular complexity index is 500. The first kappa shape index (κ1) is 17.5. The Morgan fingerprint density at radius 1 is 1.30 bits per heavy atom. The summed E-state index contributed by atoms with van der Waals surface area (Å²) in [6, 6.07) is 6.78. The highest BCUT2D eigenvalue weighted by molar-refractivity contribution is 7.98. The van der Waals surface area contributed by atoms with E-state index in [1.54, 1.807) is 23.9 Å². The minimum absolute atomic E-state index is 0.273. The maximum absolute atomic E-state index is 11.4. The topological polar surface area (TPSA) is 66.4 Å². The Morgan fingerprint density at radius 2 is 1.90 bits per heavy atom. The molecule has 0 spiro atoms. The number of aliphatic hydroxyl groups is 1. The van der Waals surface area contributed by atoms with E-state index >= 15 is 0 Å².